The summed E-state index contributed by atoms with van der Waals surface area (Å²) in [7, 11) is 0. The van der Waals surface area contributed by atoms with Crippen molar-refractivity contribution < 1.29 is 9.18 Å². The number of nitrogens with one attached hydrogen (secondary N) is 1. The van der Waals surface area contributed by atoms with Crippen molar-refractivity contribution in [2.45, 2.75) is 31.7 Å². The quantitative estimate of drug-likeness (QED) is 0.868. The summed E-state index contributed by atoms with van der Waals surface area (Å²) in [6.07, 6.45) is 3.73. The predicted molar refractivity (Wildman–Crippen MR) is 70.0 cm³/mol. The van der Waals surface area contributed by atoms with Crippen LogP contribution in [0.4, 0.5) is 10.1 Å². The Labute approximate surface area is 111 Å². The van der Waals surface area contributed by atoms with Gasteiger partial charge in [-0.1, -0.05) is 24.4 Å². The van der Waals surface area contributed by atoms with Gasteiger partial charge in [0.1, 0.15) is 5.82 Å². The van der Waals surface area contributed by atoms with Crippen molar-refractivity contribution in [2.75, 3.05) is 5.32 Å². The monoisotopic (exact) mass is 270 g/mol. The minimum Gasteiger partial charge on any atom is -0.327 e. The van der Waals surface area contributed by atoms with Crippen LogP contribution in [0.1, 0.15) is 25.7 Å². The summed E-state index contributed by atoms with van der Waals surface area (Å²) in [6.45, 7) is 0. The summed E-state index contributed by atoms with van der Waals surface area (Å²) < 4.78 is 13.1. The molecule has 18 heavy (non-hydrogen) atoms. The summed E-state index contributed by atoms with van der Waals surface area (Å²) in [5.41, 5.74) is 6.31. The lowest BCUT2D eigenvalue weighted by molar-refractivity contribution is -0.121. The zero-order chi connectivity index (χ0) is 13.1. The number of benzene rings is 1. The molecule has 1 aliphatic rings. The third-order valence-corrected chi connectivity index (χ3v) is 3.50. The molecule has 2 rings (SSSR count). The number of anilines is 1. The fourth-order valence-electron chi connectivity index (χ4n) is 2.35. The van der Waals surface area contributed by atoms with Crippen molar-refractivity contribution >= 4 is 23.2 Å². The standard InChI is InChI=1S/C13H16ClFN2O/c14-8-5-9(15)7-10(6-8)17-13(18)11-3-1-2-4-12(11)16/h5-7,11-12H,1-4,16H2,(H,17,18). The number of rotatable bonds is 2. The van der Waals surface area contributed by atoms with Crippen LogP contribution < -0.4 is 11.1 Å². The van der Waals surface area contributed by atoms with Gasteiger partial charge in [-0.2, -0.15) is 0 Å². The number of hydrogen-bond donors (Lipinski definition) is 2. The molecular weight excluding hydrogens is 255 g/mol. The van der Waals surface area contributed by atoms with Gasteiger partial charge in [-0.3, -0.25) is 4.79 Å². The summed E-state index contributed by atoms with van der Waals surface area (Å²) in [5.74, 6) is -0.810. The van der Waals surface area contributed by atoms with Crippen molar-refractivity contribution in [3.63, 3.8) is 0 Å². The third-order valence-electron chi connectivity index (χ3n) is 3.29. The molecule has 3 nitrogen and oxygen atoms in total. The number of hydrogen-bond acceptors (Lipinski definition) is 2. The molecule has 3 N–H and O–H groups in total. The lowest BCUT2D eigenvalue weighted by Crippen LogP contribution is -2.40. The third kappa shape index (κ3) is 3.21. The van der Waals surface area contributed by atoms with Crippen LogP contribution in [-0.4, -0.2) is 11.9 Å². The minimum absolute atomic E-state index is 0.109. The van der Waals surface area contributed by atoms with Crippen LogP contribution >= 0.6 is 11.6 Å². The van der Waals surface area contributed by atoms with Gasteiger partial charge in [-0.25, -0.2) is 4.39 Å². The van der Waals surface area contributed by atoms with Gasteiger partial charge in [-0.05, 0) is 31.0 Å². The molecule has 1 saturated carbocycles. The van der Waals surface area contributed by atoms with Gasteiger partial charge < -0.3 is 11.1 Å². The largest absolute Gasteiger partial charge is 0.327 e. The van der Waals surface area contributed by atoms with Crippen molar-refractivity contribution in [1.82, 2.24) is 0 Å². The smallest absolute Gasteiger partial charge is 0.229 e. The van der Waals surface area contributed by atoms with Gasteiger partial charge in [0.15, 0.2) is 0 Å². The Hall–Kier alpha value is -1.13. The second kappa shape index (κ2) is 5.67. The van der Waals surface area contributed by atoms with Crippen molar-refractivity contribution in [3.8, 4) is 0 Å². The maximum absolute atomic E-state index is 13.1. The second-order valence-electron chi connectivity index (χ2n) is 4.70. The zero-order valence-corrected chi connectivity index (χ0v) is 10.7. The first-order valence-corrected chi connectivity index (χ1v) is 6.46. The average Bonchev–Trinajstić information content (AvgIpc) is 2.27. The molecule has 2 unspecified atom stereocenters. The number of nitrogens with two attached hydrogens (primary N) is 1. The molecule has 1 fully saturated rings. The van der Waals surface area contributed by atoms with E-state index in [4.69, 9.17) is 17.3 Å². The molecule has 2 atom stereocenters. The zero-order valence-electron chi connectivity index (χ0n) is 9.96. The van der Waals surface area contributed by atoms with Gasteiger partial charge in [0.25, 0.3) is 0 Å². The molecular formula is C13H16ClFN2O. The van der Waals surface area contributed by atoms with Crippen LogP contribution in [0.5, 0.6) is 0 Å². The molecule has 5 heteroatoms. The van der Waals surface area contributed by atoms with Crippen LogP contribution in [0.3, 0.4) is 0 Å². The van der Waals surface area contributed by atoms with Crippen LogP contribution in [-0.2, 0) is 4.79 Å². The molecule has 0 bridgehead atoms. The van der Waals surface area contributed by atoms with E-state index < -0.39 is 5.82 Å². The number of carbonyl (C=O) groups excluding carboxylic acids is 1. The van der Waals surface area contributed by atoms with Gasteiger partial charge in [-0.15, -0.1) is 0 Å². The van der Waals surface area contributed by atoms with E-state index >= 15 is 0 Å². The Morgan fingerprint density at radius 1 is 1.33 bits per heavy atom. The van der Waals surface area contributed by atoms with E-state index in [0.717, 1.165) is 25.7 Å². The molecule has 98 valence electrons. The SMILES string of the molecule is NC1CCCCC1C(=O)Nc1cc(F)cc(Cl)c1. The molecule has 0 aliphatic heterocycles. The maximum atomic E-state index is 13.1. The Bertz CT molecular complexity index is 432. The highest BCUT2D eigenvalue weighted by Crippen LogP contribution is 2.25. The first-order valence-electron chi connectivity index (χ1n) is 6.09. The summed E-state index contributed by atoms with van der Waals surface area (Å²) >= 11 is 5.73. The molecule has 0 radical (unpaired) electrons. The van der Waals surface area contributed by atoms with E-state index in [9.17, 15) is 9.18 Å². The van der Waals surface area contributed by atoms with Crippen LogP contribution in [0, 0.1) is 11.7 Å². The summed E-state index contributed by atoms with van der Waals surface area (Å²) in [4.78, 5) is 12.0. The summed E-state index contributed by atoms with van der Waals surface area (Å²) in [5, 5.41) is 2.94. The Kier molecular flexibility index (Phi) is 4.19. The number of halogens is 2. The maximum Gasteiger partial charge on any atom is 0.229 e. The van der Waals surface area contributed by atoms with Gasteiger partial charge >= 0.3 is 0 Å². The molecule has 0 aromatic heterocycles. The fraction of sp³-hybridized carbons (Fsp3) is 0.462. The highest BCUT2D eigenvalue weighted by Gasteiger charge is 2.28. The summed E-state index contributed by atoms with van der Waals surface area (Å²) in [6, 6.07) is 3.86. The van der Waals surface area contributed by atoms with E-state index in [2.05, 4.69) is 5.32 Å². The molecule has 1 amide bonds. The van der Waals surface area contributed by atoms with Gasteiger partial charge in [0, 0.05) is 16.8 Å². The van der Waals surface area contributed by atoms with Crippen molar-refractivity contribution in [3.05, 3.63) is 29.0 Å². The number of carbonyl (C=O) groups is 1. The Morgan fingerprint density at radius 2 is 2.06 bits per heavy atom. The van der Waals surface area contributed by atoms with E-state index in [1.807, 2.05) is 0 Å². The minimum atomic E-state index is -0.467. The Balaban J connectivity index is 2.06. The Morgan fingerprint density at radius 3 is 2.72 bits per heavy atom. The van der Waals surface area contributed by atoms with Crippen molar-refractivity contribution in [2.24, 2.45) is 11.7 Å². The highest BCUT2D eigenvalue weighted by atomic mass is 35.5. The first kappa shape index (κ1) is 13.3. The van der Waals surface area contributed by atoms with E-state index in [-0.39, 0.29) is 22.9 Å². The molecule has 1 aromatic carbocycles. The lowest BCUT2D eigenvalue weighted by Gasteiger charge is -2.27. The molecule has 1 aliphatic carbocycles. The number of amides is 1. The predicted octanol–water partition coefficient (Wildman–Crippen LogP) is 2.94. The molecule has 0 spiro atoms. The van der Waals surface area contributed by atoms with Crippen LogP contribution in [0.2, 0.25) is 5.02 Å². The average molecular weight is 271 g/mol. The molecule has 0 saturated heterocycles. The fourth-order valence-corrected chi connectivity index (χ4v) is 2.57. The van der Waals surface area contributed by atoms with E-state index in [1.54, 1.807) is 0 Å². The van der Waals surface area contributed by atoms with Crippen LogP contribution in [0.15, 0.2) is 18.2 Å². The first-order chi connectivity index (χ1) is 8.56. The van der Waals surface area contributed by atoms with Crippen LogP contribution in [0.25, 0.3) is 0 Å². The topological polar surface area (TPSA) is 55.1 Å². The normalized spacial score (nSPS) is 23.7. The van der Waals surface area contributed by atoms with E-state index in [1.165, 1.54) is 18.2 Å². The van der Waals surface area contributed by atoms with Crippen molar-refractivity contribution in [1.29, 1.82) is 0 Å². The van der Waals surface area contributed by atoms with E-state index in [0.29, 0.717) is 5.69 Å². The second-order valence-corrected chi connectivity index (χ2v) is 5.14. The van der Waals surface area contributed by atoms with Gasteiger partial charge in [0.2, 0.25) is 5.91 Å². The lowest BCUT2D eigenvalue weighted by atomic mass is 9.84. The molecule has 0 heterocycles. The van der Waals surface area contributed by atoms with Gasteiger partial charge in [0.05, 0.1) is 5.92 Å². The molecule has 1 aromatic rings. The highest BCUT2D eigenvalue weighted by molar-refractivity contribution is 6.30.